The number of nitrogens with one attached hydrogen (secondary N) is 2. The van der Waals surface area contributed by atoms with Crippen LogP contribution in [0.4, 0.5) is 17.6 Å². The van der Waals surface area contributed by atoms with E-state index in [1.165, 1.54) is 37.3 Å². The molecule has 1 fully saturated rings. The minimum atomic E-state index is -5.13. The summed E-state index contributed by atoms with van der Waals surface area (Å²) < 4.78 is 52.3. The van der Waals surface area contributed by atoms with E-state index < -0.39 is 41.4 Å². The van der Waals surface area contributed by atoms with Crippen molar-refractivity contribution >= 4 is 29.4 Å². The maximum atomic E-state index is 14.8. The molecule has 0 heterocycles. The van der Waals surface area contributed by atoms with Gasteiger partial charge in [-0.15, -0.1) is 0 Å². The predicted molar refractivity (Wildman–Crippen MR) is 104 cm³/mol. The Morgan fingerprint density at radius 3 is 2.34 bits per heavy atom. The first-order valence-corrected chi connectivity index (χ1v) is 9.73. The number of carbonyl (C=O) groups is 3. The van der Waals surface area contributed by atoms with E-state index in [1.54, 1.807) is 5.32 Å². The van der Waals surface area contributed by atoms with Crippen molar-refractivity contribution in [2.24, 2.45) is 0 Å². The molecule has 0 saturated heterocycles. The number of alkyl halides is 3. The highest BCUT2D eigenvalue weighted by Crippen LogP contribution is 2.38. The zero-order valence-corrected chi connectivity index (χ0v) is 17.2. The van der Waals surface area contributed by atoms with Gasteiger partial charge in [-0.25, -0.2) is 4.39 Å². The zero-order chi connectivity index (χ0) is 23.8. The van der Waals surface area contributed by atoms with Crippen LogP contribution in [0.2, 0.25) is 5.02 Å². The van der Waals surface area contributed by atoms with Crippen LogP contribution in [0.5, 0.6) is 0 Å². The summed E-state index contributed by atoms with van der Waals surface area (Å²) in [6, 6.07) is 7.09. The number of hydrogen-bond acceptors (Lipinski definition) is 4. The molecule has 11 heteroatoms. The van der Waals surface area contributed by atoms with Gasteiger partial charge in [-0.1, -0.05) is 35.9 Å². The lowest BCUT2D eigenvalue weighted by molar-refractivity contribution is -0.254. The van der Waals surface area contributed by atoms with Gasteiger partial charge < -0.3 is 20.5 Å². The minimum absolute atomic E-state index is 0.0112. The van der Waals surface area contributed by atoms with Crippen LogP contribution in [0.15, 0.2) is 36.4 Å². The van der Waals surface area contributed by atoms with Gasteiger partial charge in [0.25, 0.3) is 0 Å². The Balaban J connectivity index is 1.79. The van der Waals surface area contributed by atoms with Gasteiger partial charge in [0, 0.05) is 11.1 Å². The van der Waals surface area contributed by atoms with Crippen LogP contribution in [0.25, 0.3) is 11.1 Å². The molecular formula is C21H16ClF4N2O4-. The Morgan fingerprint density at radius 1 is 1.16 bits per heavy atom. The van der Waals surface area contributed by atoms with Crippen LogP contribution in [-0.2, 0) is 9.59 Å². The topological polar surface area (TPSA) is 98.3 Å². The molecule has 0 unspecified atom stereocenters. The number of aromatic carboxylic acids is 1. The van der Waals surface area contributed by atoms with Gasteiger partial charge >= 0.3 is 12.1 Å². The average molecular weight is 472 g/mol. The van der Waals surface area contributed by atoms with E-state index >= 15 is 0 Å². The molecule has 0 aromatic heterocycles. The van der Waals surface area contributed by atoms with Crippen LogP contribution in [-0.4, -0.2) is 29.5 Å². The highest BCUT2D eigenvalue weighted by molar-refractivity contribution is 6.34. The summed E-state index contributed by atoms with van der Waals surface area (Å²) in [7, 11) is 0. The number of carboxylic acid groups (broad SMARTS) is 1. The molecule has 0 spiro atoms. The Bertz CT molecular complexity index is 1100. The second-order valence-corrected chi connectivity index (χ2v) is 7.82. The second-order valence-electron chi connectivity index (χ2n) is 7.42. The average Bonchev–Trinajstić information content (AvgIpc) is 3.47. The Morgan fingerprint density at radius 2 is 1.81 bits per heavy atom. The van der Waals surface area contributed by atoms with Crippen molar-refractivity contribution < 1.29 is 37.1 Å². The van der Waals surface area contributed by atoms with Crippen molar-refractivity contribution in [3.05, 3.63) is 58.4 Å². The molecule has 32 heavy (non-hydrogen) atoms. The standard InChI is InChI=1S/C21H17ClF4N2O4/c1-10(27-18(31)20(7-8-20)28-19(32)21(24,25)26)12-6-5-11(9-15(12)23)13-3-2-4-14(22)16(13)17(29)30/h2-6,9-10H,7-8H2,1H3,(H,27,31)(H,28,32)(H,29,30)/p-1/t10-/m1/s1. The van der Waals surface area contributed by atoms with Crippen molar-refractivity contribution in [2.75, 3.05) is 0 Å². The fourth-order valence-electron chi connectivity index (χ4n) is 3.25. The number of halogens is 5. The summed E-state index contributed by atoms with van der Waals surface area (Å²) in [6.45, 7) is 1.42. The number of rotatable bonds is 6. The molecule has 3 rings (SSSR count). The van der Waals surface area contributed by atoms with Crippen LogP contribution in [0, 0.1) is 5.82 Å². The molecule has 2 amide bonds. The summed E-state index contributed by atoms with van der Waals surface area (Å²) in [6.07, 6.45) is -5.08. The van der Waals surface area contributed by atoms with Gasteiger partial charge in [0.1, 0.15) is 11.4 Å². The zero-order valence-electron chi connectivity index (χ0n) is 16.5. The summed E-state index contributed by atoms with van der Waals surface area (Å²) in [5.41, 5.74) is -1.65. The highest BCUT2D eigenvalue weighted by Gasteiger charge is 2.55. The van der Waals surface area contributed by atoms with Crippen molar-refractivity contribution in [2.45, 2.75) is 37.5 Å². The molecule has 2 aromatic rings. The van der Waals surface area contributed by atoms with Crippen molar-refractivity contribution in [3.63, 3.8) is 0 Å². The monoisotopic (exact) mass is 471 g/mol. The summed E-state index contributed by atoms with van der Waals surface area (Å²) in [5.74, 6) is -5.41. The minimum Gasteiger partial charge on any atom is -0.545 e. The third kappa shape index (κ3) is 4.69. The van der Waals surface area contributed by atoms with E-state index in [0.29, 0.717) is 0 Å². The molecule has 2 aromatic carbocycles. The van der Waals surface area contributed by atoms with E-state index in [-0.39, 0.29) is 40.1 Å². The molecule has 1 atom stereocenters. The lowest BCUT2D eigenvalue weighted by Gasteiger charge is -2.22. The first-order valence-electron chi connectivity index (χ1n) is 9.36. The molecule has 1 saturated carbocycles. The highest BCUT2D eigenvalue weighted by atomic mass is 35.5. The van der Waals surface area contributed by atoms with Gasteiger partial charge in [0.2, 0.25) is 5.91 Å². The Labute approximate surface area is 184 Å². The van der Waals surface area contributed by atoms with E-state index in [9.17, 15) is 37.1 Å². The lowest BCUT2D eigenvalue weighted by atomic mass is 9.96. The molecule has 0 bridgehead atoms. The van der Waals surface area contributed by atoms with Gasteiger partial charge in [0.05, 0.1) is 17.0 Å². The fourth-order valence-corrected chi connectivity index (χ4v) is 3.50. The van der Waals surface area contributed by atoms with E-state index in [2.05, 4.69) is 5.32 Å². The number of benzene rings is 2. The molecule has 1 aliphatic rings. The smallest absolute Gasteiger partial charge is 0.471 e. The van der Waals surface area contributed by atoms with E-state index in [1.807, 2.05) is 0 Å². The molecule has 170 valence electrons. The van der Waals surface area contributed by atoms with Crippen LogP contribution >= 0.6 is 11.6 Å². The third-order valence-corrected chi connectivity index (χ3v) is 5.45. The maximum absolute atomic E-state index is 14.8. The van der Waals surface area contributed by atoms with Crippen molar-refractivity contribution in [1.82, 2.24) is 10.6 Å². The van der Waals surface area contributed by atoms with Crippen LogP contribution in [0.3, 0.4) is 0 Å². The van der Waals surface area contributed by atoms with Crippen LogP contribution in [0.1, 0.15) is 41.7 Å². The normalized spacial score (nSPS) is 15.6. The Hall–Kier alpha value is -3.14. The second kappa shape index (κ2) is 8.42. The fraction of sp³-hybridized carbons (Fsp3) is 0.286. The first-order chi connectivity index (χ1) is 14.9. The van der Waals surface area contributed by atoms with E-state index in [0.717, 1.165) is 6.07 Å². The predicted octanol–water partition coefficient (Wildman–Crippen LogP) is 2.90. The largest absolute Gasteiger partial charge is 0.545 e. The maximum Gasteiger partial charge on any atom is 0.471 e. The molecule has 0 radical (unpaired) electrons. The summed E-state index contributed by atoms with van der Waals surface area (Å²) in [4.78, 5) is 35.0. The van der Waals surface area contributed by atoms with Gasteiger partial charge in [0.15, 0.2) is 0 Å². The van der Waals surface area contributed by atoms with Crippen molar-refractivity contribution in [1.29, 1.82) is 0 Å². The SMILES string of the molecule is C[C@@H](NC(=O)C1(NC(=O)C(F)(F)F)CC1)c1ccc(-c2cccc(Cl)c2C(=O)[O-])cc1F. The number of carboxylic acids is 1. The lowest BCUT2D eigenvalue weighted by Crippen LogP contribution is -2.53. The molecule has 2 N–H and O–H groups in total. The number of amides is 2. The van der Waals surface area contributed by atoms with Gasteiger partial charge in [-0.2, -0.15) is 13.2 Å². The molecule has 6 nitrogen and oxygen atoms in total. The first kappa shape index (κ1) is 23.5. The summed E-state index contributed by atoms with van der Waals surface area (Å²) in [5, 5.41) is 15.4. The van der Waals surface area contributed by atoms with Crippen LogP contribution < -0.4 is 15.7 Å². The Kier molecular flexibility index (Phi) is 6.19. The molecular weight excluding hydrogens is 456 g/mol. The summed E-state index contributed by atoms with van der Waals surface area (Å²) >= 11 is 5.90. The number of carbonyl (C=O) groups excluding carboxylic acids is 3. The van der Waals surface area contributed by atoms with Gasteiger partial charge in [-0.3, -0.25) is 9.59 Å². The third-order valence-electron chi connectivity index (χ3n) is 5.14. The molecule has 0 aliphatic heterocycles. The molecule has 1 aliphatic carbocycles. The quantitative estimate of drug-likeness (QED) is 0.633. The van der Waals surface area contributed by atoms with Gasteiger partial charge in [-0.05, 0) is 43.0 Å². The van der Waals surface area contributed by atoms with Crippen molar-refractivity contribution in [3.8, 4) is 11.1 Å². The number of hydrogen-bond donors (Lipinski definition) is 2. The van der Waals surface area contributed by atoms with E-state index in [4.69, 9.17) is 11.6 Å².